The molecule has 0 radical (unpaired) electrons. The van der Waals surface area contributed by atoms with Crippen molar-refractivity contribution in [2.75, 3.05) is 20.3 Å². The summed E-state index contributed by atoms with van der Waals surface area (Å²) < 4.78 is 10.2. The third kappa shape index (κ3) is 6.13. The van der Waals surface area contributed by atoms with Crippen LogP contribution in [0.15, 0.2) is 48.5 Å². The van der Waals surface area contributed by atoms with Crippen molar-refractivity contribution in [3.8, 4) is 11.1 Å². The molecule has 0 saturated carbocycles. The Kier molecular flexibility index (Phi) is 8.10. The molecule has 5 heteroatoms. The Hall–Kier alpha value is -1.88. The van der Waals surface area contributed by atoms with Gasteiger partial charge in [0.2, 0.25) is 0 Å². The van der Waals surface area contributed by atoms with E-state index in [4.69, 9.17) is 26.8 Å². The lowest BCUT2D eigenvalue weighted by Crippen LogP contribution is -2.32. The minimum atomic E-state index is -0.333. The van der Waals surface area contributed by atoms with Crippen molar-refractivity contribution >= 4 is 17.6 Å². The molecule has 0 aliphatic heterocycles. The Morgan fingerprint density at radius 3 is 2.50 bits per heavy atom. The maximum atomic E-state index is 12.0. The van der Waals surface area contributed by atoms with E-state index in [9.17, 15) is 4.79 Å². The molecule has 0 amide bonds. The standard InChI is InChI=1S/C21H26ClNO3/c1-3-26-21(24)18(14-25-2)13-20(23)11-15-7-9-16(10-8-15)17-5-4-6-19(22)12-17/h4-10,12,18,20H,3,11,13-14,23H2,1-2H3/t18-,20+/m0/s1. The highest BCUT2D eigenvalue weighted by molar-refractivity contribution is 6.30. The van der Waals surface area contributed by atoms with Gasteiger partial charge in [-0.05, 0) is 48.6 Å². The molecule has 0 fully saturated rings. The van der Waals surface area contributed by atoms with Crippen LogP contribution in [0.5, 0.6) is 0 Å². The van der Waals surface area contributed by atoms with Gasteiger partial charge in [-0.15, -0.1) is 0 Å². The highest BCUT2D eigenvalue weighted by Gasteiger charge is 2.22. The monoisotopic (exact) mass is 375 g/mol. The van der Waals surface area contributed by atoms with Crippen LogP contribution in [0, 0.1) is 5.92 Å². The minimum Gasteiger partial charge on any atom is -0.466 e. The van der Waals surface area contributed by atoms with Gasteiger partial charge in [0.05, 0.1) is 19.1 Å². The Morgan fingerprint density at radius 2 is 1.88 bits per heavy atom. The molecule has 2 aromatic carbocycles. The molecule has 26 heavy (non-hydrogen) atoms. The smallest absolute Gasteiger partial charge is 0.311 e. The topological polar surface area (TPSA) is 61.5 Å². The molecule has 0 aliphatic rings. The van der Waals surface area contributed by atoms with E-state index in [1.165, 1.54) is 0 Å². The van der Waals surface area contributed by atoms with Gasteiger partial charge in [-0.3, -0.25) is 4.79 Å². The zero-order valence-corrected chi connectivity index (χ0v) is 16.0. The zero-order valence-electron chi connectivity index (χ0n) is 15.3. The van der Waals surface area contributed by atoms with E-state index in [-0.39, 0.29) is 17.9 Å². The van der Waals surface area contributed by atoms with Gasteiger partial charge >= 0.3 is 5.97 Å². The van der Waals surface area contributed by atoms with E-state index in [0.29, 0.717) is 26.1 Å². The van der Waals surface area contributed by atoms with Gasteiger partial charge in [-0.25, -0.2) is 0 Å². The molecule has 140 valence electrons. The molecule has 2 atom stereocenters. The number of ether oxygens (including phenoxy) is 2. The van der Waals surface area contributed by atoms with Crippen molar-refractivity contribution in [2.24, 2.45) is 11.7 Å². The second-order valence-corrected chi connectivity index (χ2v) is 6.75. The predicted molar refractivity (Wildman–Crippen MR) is 105 cm³/mol. The van der Waals surface area contributed by atoms with Crippen LogP contribution >= 0.6 is 11.6 Å². The molecule has 0 aromatic heterocycles. The van der Waals surface area contributed by atoms with Crippen LogP contribution in [-0.2, 0) is 20.7 Å². The average molecular weight is 376 g/mol. The van der Waals surface area contributed by atoms with Crippen molar-refractivity contribution < 1.29 is 14.3 Å². The lowest BCUT2D eigenvalue weighted by molar-refractivity contribution is -0.150. The Morgan fingerprint density at radius 1 is 1.15 bits per heavy atom. The van der Waals surface area contributed by atoms with Crippen LogP contribution in [0.3, 0.4) is 0 Å². The summed E-state index contributed by atoms with van der Waals surface area (Å²) >= 11 is 6.05. The SMILES string of the molecule is CCOC(=O)[C@H](COC)C[C@H](N)Cc1ccc(-c2cccc(Cl)c2)cc1. The molecule has 0 spiro atoms. The summed E-state index contributed by atoms with van der Waals surface area (Å²) in [4.78, 5) is 12.0. The highest BCUT2D eigenvalue weighted by atomic mass is 35.5. The van der Waals surface area contributed by atoms with Gasteiger partial charge in [0, 0.05) is 18.2 Å². The number of hydrogen-bond acceptors (Lipinski definition) is 4. The number of hydrogen-bond donors (Lipinski definition) is 1. The normalized spacial score (nSPS) is 13.2. The summed E-state index contributed by atoms with van der Waals surface area (Å²) in [5.74, 6) is -0.582. The van der Waals surface area contributed by atoms with E-state index in [0.717, 1.165) is 21.7 Å². The predicted octanol–water partition coefficient (Wildman–Crippen LogP) is 4.09. The van der Waals surface area contributed by atoms with Gasteiger partial charge in [-0.2, -0.15) is 0 Å². The number of esters is 1. The third-order valence-electron chi connectivity index (χ3n) is 4.18. The molecule has 0 unspecified atom stereocenters. The molecule has 0 aliphatic carbocycles. The summed E-state index contributed by atoms with van der Waals surface area (Å²) in [6.07, 6.45) is 1.22. The first-order chi connectivity index (χ1) is 12.5. The van der Waals surface area contributed by atoms with E-state index < -0.39 is 0 Å². The van der Waals surface area contributed by atoms with Gasteiger partial charge in [0.15, 0.2) is 0 Å². The van der Waals surface area contributed by atoms with Crippen LogP contribution < -0.4 is 5.73 Å². The number of nitrogens with two attached hydrogens (primary N) is 1. The number of carbonyl (C=O) groups is 1. The first-order valence-corrected chi connectivity index (χ1v) is 9.17. The van der Waals surface area contributed by atoms with E-state index >= 15 is 0 Å². The van der Waals surface area contributed by atoms with Gasteiger partial charge < -0.3 is 15.2 Å². The Balaban J connectivity index is 1.97. The van der Waals surface area contributed by atoms with Crippen molar-refractivity contribution in [3.63, 3.8) is 0 Å². The molecule has 0 heterocycles. The van der Waals surface area contributed by atoms with Crippen LogP contribution in [-0.4, -0.2) is 32.3 Å². The number of methoxy groups -OCH3 is 1. The largest absolute Gasteiger partial charge is 0.466 e. The summed E-state index contributed by atoms with van der Waals surface area (Å²) in [5, 5.41) is 0.719. The van der Waals surface area contributed by atoms with Crippen molar-refractivity contribution in [3.05, 3.63) is 59.1 Å². The van der Waals surface area contributed by atoms with Crippen LogP contribution in [0.1, 0.15) is 18.9 Å². The van der Waals surface area contributed by atoms with Crippen molar-refractivity contribution in [1.82, 2.24) is 0 Å². The quantitative estimate of drug-likeness (QED) is 0.670. The number of benzene rings is 2. The second-order valence-electron chi connectivity index (χ2n) is 6.31. The van der Waals surface area contributed by atoms with E-state index in [1.54, 1.807) is 14.0 Å². The lowest BCUT2D eigenvalue weighted by atomic mass is 9.95. The molecule has 2 aromatic rings. The maximum Gasteiger partial charge on any atom is 0.311 e. The number of halogens is 1. The summed E-state index contributed by atoms with van der Waals surface area (Å²) in [6.45, 7) is 2.47. The van der Waals surface area contributed by atoms with Gasteiger partial charge in [0.1, 0.15) is 0 Å². The minimum absolute atomic E-state index is 0.142. The second kappa shape index (κ2) is 10.3. The van der Waals surface area contributed by atoms with Gasteiger partial charge in [0.25, 0.3) is 0 Å². The lowest BCUT2D eigenvalue weighted by Gasteiger charge is -2.19. The van der Waals surface area contributed by atoms with Crippen LogP contribution in [0.25, 0.3) is 11.1 Å². The number of carbonyl (C=O) groups excluding carboxylic acids is 1. The maximum absolute atomic E-state index is 12.0. The highest BCUT2D eigenvalue weighted by Crippen LogP contribution is 2.23. The molecule has 0 bridgehead atoms. The molecule has 4 nitrogen and oxygen atoms in total. The number of rotatable bonds is 9. The molecule has 0 saturated heterocycles. The molecule has 2 N–H and O–H groups in total. The Bertz CT molecular complexity index is 703. The first kappa shape index (κ1) is 20.4. The van der Waals surface area contributed by atoms with Crippen LogP contribution in [0.4, 0.5) is 0 Å². The fourth-order valence-corrected chi connectivity index (χ4v) is 3.14. The van der Waals surface area contributed by atoms with Crippen molar-refractivity contribution in [1.29, 1.82) is 0 Å². The Labute approximate surface area is 160 Å². The fraction of sp³-hybridized carbons (Fsp3) is 0.381. The third-order valence-corrected chi connectivity index (χ3v) is 4.42. The van der Waals surface area contributed by atoms with E-state index in [1.807, 2.05) is 24.3 Å². The molecular weight excluding hydrogens is 350 g/mol. The summed E-state index contributed by atoms with van der Waals surface area (Å²) in [7, 11) is 1.58. The zero-order chi connectivity index (χ0) is 18.9. The summed E-state index contributed by atoms with van der Waals surface area (Å²) in [6, 6.07) is 15.9. The first-order valence-electron chi connectivity index (χ1n) is 8.79. The van der Waals surface area contributed by atoms with E-state index in [2.05, 4.69) is 24.3 Å². The van der Waals surface area contributed by atoms with Crippen molar-refractivity contribution in [2.45, 2.75) is 25.8 Å². The average Bonchev–Trinajstić information content (AvgIpc) is 2.62. The van der Waals surface area contributed by atoms with Gasteiger partial charge in [-0.1, -0.05) is 48.0 Å². The molecular formula is C21H26ClNO3. The van der Waals surface area contributed by atoms with Crippen LogP contribution in [0.2, 0.25) is 5.02 Å². The summed E-state index contributed by atoms with van der Waals surface area (Å²) in [5.41, 5.74) is 9.57. The molecule has 2 rings (SSSR count). The fourth-order valence-electron chi connectivity index (χ4n) is 2.95.